The van der Waals surface area contributed by atoms with E-state index < -0.39 is 0 Å². The first-order valence-electron chi connectivity index (χ1n) is 4.39. The van der Waals surface area contributed by atoms with Gasteiger partial charge in [-0.25, -0.2) is 9.97 Å². The molecule has 0 spiro atoms. The number of nitrogens with one attached hydrogen (secondary N) is 1. The molecule has 1 heterocycles. The summed E-state index contributed by atoms with van der Waals surface area (Å²) in [6.45, 7) is 4.26. The molecule has 0 amide bonds. The molecule has 1 aromatic heterocycles. The molecule has 0 saturated carbocycles. The van der Waals surface area contributed by atoms with Crippen molar-refractivity contribution in [3.63, 3.8) is 0 Å². The van der Waals surface area contributed by atoms with Gasteiger partial charge in [0.2, 0.25) is 0 Å². The fraction of sp³-hybridized carbons (Fsp3) is 0.556. The SMILES string of the molecule is CCC(C)c1ncc(Br)c(NC)n1. The van der Waals surface area contributed by atoms with Crippen LogP contribution in [0.15, 0.2) is 10.7 Å². The predicted molar refractivity (Wildman–Crippen MR) is 58.0 cm³/mol. The number of anilines is 1. The number of halogens is 1. The molecule has 3 nitrogen and oxygen atoms in total. The van der Waals surface area contributed by atoms with E-state index in [4.69, 9.17) is 0 Å². The Morgan fingerprint density at radius 3 is 2.85 bits per heavy atom. The molecule has 1 N–H and O–H groups in total. The van der Waals surface area contributed by atoms with Crippen molar-refractivity contribution in [1.82, 2.24) is 9.97 Å². The van der Waals surface area contributed by atoms with Gasteiger partial charge in [-0.2, -0.15) is 0 Å². The van der Waals surface area contributed by atoms with Crippen LogP contribution in [0.2, 0.25) is 0 Å². The number of hydrogen-bond donors (Lipinski definition) is 1. The highest BCUT2D eigenvalue weighted by atomic mass is 79.9. The van der Waals surface area contributed by atoms with Crippen molar-refractivity contribution in [2.75, 3.05) is 12.4 Å². The van der Waals surface area contributed by atoms with Crippen molar-refractivity contribution in [2.24, 2.45) is 0 Å². The second-order valence-electron chi connectivity index (χ2n) is 2.98. The van der Waals surface area contributed by atoms with Crippen LogP contribution in [-0.4, -0.2) is 17.0 Å². The van der Waals surface area contributed by atoms with E-state index in [0.29, 0.717) is 5.92 Å². The Kier molecular flexibility index (Phi) is 3.66. The Labute approximate surface area is 87.1 Å². The highest BCUT2D eigenvalue weighted by Gasteiger charge is 2.08. The number of hydrogen-bond acceptors (Lipinski definition) is 3. The maximum atomic E-state index is 4.39. The van der Waals surface area contributed by atoms with Gasteiger partial charge in [0, 0.05) is 19.2 Å². The third-order valence-corrected chi connectivity index (χ3v) is 2.63. The maximum absolute atomic E-state index is 4.39. The van der Waals surface area contributed by atoms with Crippen molar-refractivity contribution in [2.45, 2.75) is 26.2 Å². The normalized spacial score (nSPS) is 12.6. The van der Waals surface area contributed by atoms with Crippen molar-refractivity contribution in [3.05, 3.63) is 16.5 Å². The smallest absolute Gasteiger partial charge is 0.143 e. The summed E-state index contributed by atoms with van der Waals surface area (Å²) in [5.41, 5.74) is 0. The monoisotopic (exact) mass is 243 g/mol. The van der Waals surface area contributed by atoms with Crippen LogP contribution in [0.25, 0.3) is 0 Å². The van der Waals surface area contributed by atoms with Crippen molar-refractivity contribution < 1.29 is 0 Å². The summed E-state index contributed by atoms with van der Waals surface area (Å²) in [5.74, 6) is 2.17. The second-order valence-corrected chi connectivity index (χ2v) is 3.84. The summed E-state index contributed by atoms with van der Waals surface area (Å²) in [6, 6.07) is 0. The van der Waals surface area contributed by atoms with Gasteiger partial charge in [0.1, 0.15) is 11.6 Å². The molecule has 13 heavy (non-hydrogen) atoms. The van der Waals surface area contributed by atoms with Gasteiger partial charge in [0.15, 0.2) is 0 Å². The van der Waals surface area contributed by atoms with Crippen LogP contribution in [0.3, 0.4) is 0 Å². The van der Waals surface area contributed by atoms with Crippen molar-refractivity contribution >= 4 is 21.7 Å². The molecule has 1 rings (SSSR count). The lowest BCUT2D eigenvalue weighted by Crippen LogP contribution is -2.03. The molecule has 0 aliphatic rings. The molecule has 0 bridgehead atoms. The predicted octanol–water partition coefficient (Wildman–Crippen LogP) is 2.79. The molecule has 72 valence electrons. The van der Waals surface area contributed by atoms with Crippen LogP contribution in [0.4, 0.5) is 5.82 Å². The summed E-state index contributed by atoms with van der Waals surface area (Å²) in [5, 5.41) is 3.02. The number of nitrogens with zero attached hydrogens (tertiary/aromatic N) is 2. The molecule has 0 aromatic carbocycles. The van der Waals surface area contributed by atoms with E-state index in [-0.39, 0.29) is 0 Å². The first kappa shape index (κ1) is 10.4. The molecule has 4 heteroatoms. The molecule has 0 radical (unpaired) electrons. The zero-order valence-electron chi connectivity index (χ0n) is 8.13. The standard InChI is InChI=1S/C9H14BrN3/c1-4-6(2)8-12-5-7(10)9(11-3)13-8/h5-6H,4H2,1-3H3,(H,11,12,13). The molecule has 0 fully saturated rings. The summed E-state index contributed by atoms with van der Waals surface area (Å²) in [4.78, 5) is 8.65. The minimum absolute atomic E-state index is 0.417. The minimum atomic E-state index is 0.417. The van der Waals surface area contributed by atoms with Gasteiger partial charge in [-0.15, -0.1) is 0 Å². The van der Waals surface area contributed by atoms with Gasteiger partial charge >= 0.3 is 0 Å². The van der Waals surface area contributed by atoms with E-state index >= 15 is 0 Å². The van der Waals surface area contributed by atoms with E-state index in [1.807, 2.05) is 7.05 Å². The Morgan fingerprint density at radius 1 is 1.62 bits per heavy atom. The molecular weight excluding hydrogens is 230 g/mol. The molecule has 0 aliphatic carbocycles. The molecule has 1 aromatic rings. The fourth-order valence-corrected chi connectivity index (χ4v) is 1.37. The van der Waals surface area contributed by atoms with Crippen molar-refractivity contribution in [3.8, 4) is 0 Å². The quantitative estimate of drug-likeness (QED) is 0.888. The first-order valence-corrected chi connectivity index (χ1v) is 5.18. The molecule has 0 saturated heterocycles. The zero-order valence-corrected chi connectivity index (χ0v) is 9.72. The summed E-state index contributed by atoms with van der Waals surface area (Å²) in [6.07, 6.45) is 2.85. The highest BCUT2D eigenvalue weighted by molar-refractivity contribution is 9.10. The Balaban J connectivity index is 2.99. The van der Waals surface area contributed by atoms with E-state index in [0.717, 1.165) is 22.5 Å². The van der Waals surface area contributed by atoms with Crippen LogP contribution < -0.4 is 5.32 Å². The summed E-state index contributed by atoms with van der Waals surface area (Å²) < 4.78 is 0.905. The van der Waals surface area contributed by atoms with Crippen molar-refractivity contribution in [1.29, 1.82) is 0 Å². The lowest BCUT2D eigenvalue weighted by molar-refractivity contribution is 0.678. The largest absolute Gasteiger partial charge is 0.372 e. The van der Waals surface area contributed by atoms with Crippen LogP contribution >= 0.6 is 15.9 Å². The first-order chi connectivity index (χ1) is 6.19. The molecule has 0 aliphatic heterocycles. The zero-order chi connectivity index (χ0) is 9.84. The lowest BCUT2D eigenvalue weighted by Gasteiger charge is -2.09. The third-order valence-electron chi connectivity index (χ3n) is 2.05. The van der Waals surface area contributed by atoms with Crippen LogP contribution in [0.1, 0.15) is 32.0 Å². The van der Waals surface area contributed by atoms with E-state index in [1.54, 1.807) is 6.20 Å². The number of aromatic nitrogens is 2. The molecular formula is C9H14BrN3. The van der Waals surface area contributed by atoms with Crippen LogP contribution in [-0.2, 0) is 0 Å². The van der Waals surface area contributed by atoms with E-state index in [2.05, 4.69) is 45.1 Å². The van der Waals surface area contributed by atoms with Crippen LogP contribution in [0.5, 0.6) is 0 Å². The minimum Gasteiger partial charge on any atom is -0.372 e. The molecule has 1 atom stereocenters. The van der Waals surface area contributed by atoms with E-state index in [1.165, 1.54) is 0 Å². The van der Waals surface area contributed by atoms with Crippen LogP contribution in [0, 0.1) is 0 Å². The van der Waals surface area contributed by atoms with Gasteiger partial charge in [0.25, 0.3) is 0 Å². The maximum Gasteiger partial charge on any atom is 0.143 e. The summed E-state index contributed by atoms with van der Waals surface area (Å²) in [7, 11) is 1.85. The van der Waals surface area contributed by atoms with Gasteiger partial charge in [0.05, 0.1) is 4.47 Å². The topological polar surface area (TPSA) is 37.8 Å². The summed E-state index contributed by atoms with van der Waals surface area (Å²) >= 11 is 3.37. The number of rotatable bonds is 3. The average Bonchev–Trinajstić information content (AvgIpc) is 2.17. The lowest BCUT2D eigenvalue weighted by atomic mass is 10.1. The Morgan fingerprint density at radius 2 is 2.31 bits per heavy atom. The second kappa shape index (κ2) is 4.56. The van der Waals surface area contributed by atoms with Gasteiger partial charge in [-0.3, -0.25) is 0 Å². The highest BCUT2D eigenvalue weighted by Crippen LogP contribution is 2.21. The average molecular weight is 244 g/mol. The van der Waals surface area contributed by atoms with Gasteiger partial charge < -0.3 is 5.32 Å². The Hall–Kier alpha value is -0.640. The third kappa shape index (κ3) is 2.40. The fourth-order valence-electron chi connectivity index (χ4n) is 0.976. The van der Waals surface area contributed by atoms with E-state index in [9.17, 15) is 0 Å². The molecule has 1 unspecified atom stereocenters. The Bertz CT molecular complexity index is 288. The van der Waals surface area contributed by atoms with Gasteiger partial charge in [-0.05, 0) is 22.4 Å². The van der Waals surface area contributed by atoms with Gasteiger partial charge in [-0.1, -0.05) is 13.8 Å².